The van der Waals surface area contributed by atoms with Gasteiger partial charge in [-0.25, -0.2) is 4.98 Å². The minimum Gasteiger partial charge on any atom is -0.325 e. The molecule has 1 amide bonds. The van der Waals surface area contributed by atoms with Crippen molar-refractivity contribution in [1.82, 2.24) is 14.5 Å². The molecule has 7 heteroatoms. The number of carbonyl (C=O) groups is 1. The van der Waals surface area contributed by atoms with E-state index in [9.17, 15) is 9.59 Å². The Balaban J connectivity index is 1.91. The maximum absolute atomic E-state index is 12.4. The second-order valence-corrected chi connectivity index (χ2v) is 5.29. The molecule has 1 aliphatic rings. The van der Waals surface area contributed by atoms with Gasteiger partial charge in [-0.05, 0) is 25.8 Å². The predicted molar refractivity (Wildman–Crippen MR) is 79.6 cm³/mol. The summed E-state index contributed by atoms with van der Waals surface area (Å²) in [6, 6.07) is 3.10. The number of H-pyrrole nitrogens is 1. The fourth-order valence-corrected chi connectivity index (χ4v) is 2.64. The number of nitriles is 1. The van der Waals surface area contributed by atoms with Crippen molar-refractivity contribution in [2.24, 2.45) is 0 Å². The molecule has 0 saturated carbocycles. The summed E-state index contributed by atoms with van der Waals surface area (Å²) < 4.78 is 1.99. The van der Waals surface area contributed by atoms with Crippen LogP contribution in [0.5, 0.6) is 0 Å². The van der Waals surface area contributed by atoms with Crippen molar-refractivity contribution in [3.63, 3.8) is 0 Å². The summed E-state index contributed by atoms with van der Waals surface area (Å²) in [6.45, 7) is 2.46. The van der Waals surface area contributed by atoms with E-state index < -0.39 is 5.56 Å². The maximum Gasteiger partial charge on any atom is 0.266 e. The lowest BCUT2D eigenvalue weighted by Gasteiger charge is -2.16. The maximum atomic E-state index is 12.4. The summed E-state index contributed by atoms with van der Waals surface area (Å²) in [5.41, 5.74) is 0.145. The number of aromatic amines is 1. The van der Waals surface area contributed by atoms with Gasteiger partial charge in [0.05, 0.1) is 11.8 Å². The van der Waals surface area contributed by atoms with Crippen LogP contribution in [0.1, 0.15) is 40.3 Å². The van der Waals surface area contributed by atoms with Crippen LogP contribution in [-0.4, -0.2) is 20.4 Å². The van der Waals surface area contributed by atoms with Crippen LogP contribution in [0.2, 0.25) is 0 Å². The topological polar surface area (TPSA) is 104 Å². The lowest BCUT2D eigenvalue weighted by Crippen LogP contribution is -2.22. The Bertz CT molecular complexity index is 841. The van der Waals surface area contributed by atoms with Gasteiger partial charge in [0.2, 0.25) is 0 Å². The first-order valence-corrected chi connectivity index (χ1v) is 7.10. The first-order chi connectivity index (χ1) is 10.6. The number of imidazole rings is 1. The third-order valence-electron chi connectivity index (χ3n) is 3.82. The molecule has 3 heterocycles. The van der Waals surface area contributed by atoms with E-state index in [2.05, 4.69) is 15.3 Å². The highest BCUT2D eigenvalue weighted by atomic mass is 16.2. The molecule has 0 fully saturated rings. The van der Waals surface area contributed by atoms with Crippen molar-refractivity contribution < 1.29 is 4.79 Å². The minimum absolute atomic E-state index is 0.0777. The molecule has 0 aromatic carbocycles. The van der Waals surface area contributed by atoms with E-state index in [1.807, 2.05) is 4.57 Å². The molecule has 0 saturated heterocycles. The molecule has 22 heavy (non-hydrogen) atoms. The molecular formula is C15H15N5O2. The second kappa shape index (κ2) is 5.48. The number of rotatable bonds is 2. The largest absolute Gasteiger partial charge is 0.325 e. The molecule has 2 N–H and O–H groups in total. The summed E-state index contributed by atoms with van der Waals surface area (Å²) >= 11 is 0. The van der Waals surface area contributed by atoms with Crippen LogP contribution in [-0.2, 0) is 13.0 Å². The van der Waals surface area contributed by atoms with Gasteiger partial charge in [-0.2, -0.15) is 5.26 Å². The molecule has 0 atom stereocenters. The summed E-state index contributed by atoms with van der Waals surface area (Å²) in [5.74, 6) is 1.25. The molecule has 1 aliphatic heterocycles. The number of hydrogen-bond donors (Lipinski definition) is 2. The van der Waals surface area contributed by atoms with Crippen LogP contribution < -0.4 is 10.9 Å². The Morgan fingerprint density at radius 1 is 1.50 bits per heavy atom. The number of amides is 1. The molecule has 7 nitrogen and oxygen atoms in total. The Labute approximate surface area is 126 Å². The standard InChI is InChI=1S/C15H15N5O2/c1-9-11(6-10(7-16)14(21)18-9)15(22)19-13-8-17-12-4-2-3-5-20(12)13/h6,8H,2-5H2,1H3,(H,18,21)(H,19,22). The normalized spacial score (nSPS) is 13.3. The SMILES string of the molecule is Cc1[nH]c(=O)c(C#N)cc1C(=O)Nc1cnc2n1CCCC2. The molecule has 0 unspecified atom stereocenters. The number of hydrogen-bond acceptors (Lipinski definition) is 4. The van der Waals surface area contributed by atoms with Crippen LogP contribution in [0.25, 0.3) is 0 Å². The zero-order chi connectivity index (χ0) is 15.7. The number of anilines is 1. The number of carbonyl (C=O) groups excluding carboxylic acids is 1. The van der Waals surface area contributed by atoms with Crippen LogP contribution in [0.3, 0.4) is 0 Å². The van der Waals surface area contributed by atoms with Crippen LogP contribution >= 0.6 is 0 Å². The van der Waals surface area contributed by atoms with E-state index in [0.29, 0.717) is 11.5 Å². The molecule has 3 rings (SSSR count). The van der Waals surface area contributed by atoms with Crippen molar-refractivity contribution in [3.05, 3.63) is 45.3 Å². The number of fused-ring (bicyclic) bond motifs is 1. The Morgan fingerprint density at radius 3 is 3.09 bits per heavy atom. The first kappa shape index (κ1) is 14.1. The van der Waals surface area contributed by atoms with Gasteiger partial charge in [-0.15, -0.1) is 0 Å². The van der Waals surface area contributed by atoms with Gasteiger partial charge in [-0.3, -0.25) is 9.59 Å². The second-order valence-electron chi connectivity index (χ2n) is 5.29. The van der Waals surface area contributed by atoms with Crippen LogP contribution in [0.4, 0.5) is 5.82 Å². The van der Waals surface area contributed by atoms with Gasteiger partial charge in [0, 0.05) is 18.7 Å². The molecular weight excluding hydrogens is 282 g/mol. The molecule has 0 aliphatic carbocycles. The van der Waals surface area contributed by atoms with Gasteiger partial charge >= 0.3 is 0 Å². The first-order valence-electron chi connectivity index (χ1n) is 7.10. The average Bonchev–Trinajstić information content (AvgIpc) is 2.90. The number of nitrogens with zero attached hydrogens (tertiary/aromatic N) is 3. The molecule has 2 aromatic heterocycles. The number of aryl methyl sites for hydroxylation is 2. The zero-order valence-corrected chi connectivity index (χ0v) is 12.1. The fraction of sp³-hybridized carbons (Fsp3) is 0.333. The molecule has 0 radical (unpaired) electrons. The highest BCUT2D eigenvalue weighted by Gasteiger charge is 2.18. The van der Waals surface area contributed by atoms with Crippen molar-refractivity contribution in [2.45, 2.75) is 32.7 Å². The van der Waals surface area contributed by atoms with Gasteiger partial charge in [0.15, 0.2) is 0 Å². The van der Waals surface area contributed by atoms with E-state index in [1.54, 1.807) is 19.2 Å². The van der Waals surface area contributed by atoms with Gasteiger partial charge in [-0.1, -0.05) is 0 Å². The number of aromatic nitrogens is 3. The third-order valence-corrected chi connectivity index (χ3v) is 3.82. The quantitative estimate of drug-likeness (QED) is 0.872. The van der Waals surface area contributed by atoms with Crippen molar-refractivity contribution in [3.8, 4) is 6.07 Å². The lowest BCUT2D eigenvalue weighted by atomic mass is 10.1. The Kier molecular flexibility index (Phi) is 3.51. The predicted octanol–water partition coefficient (Wildman–Crippen LogP) is 1.34. The van der Waals surface area contributed by atoms with Crippen molar-refractivity contribution >= 4 is 11.7 Å². The Morgan fingerprint density at radius 2 is 2.32 bits per heavy atom. The fourth-order valence-electron chi connectivity index (χ4n) is 2.64. The third kappa shape index (κ3) is 2.39. The minimum atomic E-state index is -0.488. The van der Waals surface area contributed by atoms with Crippen LogP contribution in [0, 0.1) is 18.3 Å². The van der Waals surface area contributed by atoms with Gasteiger partial charge in [0.25, 0.3) is 11.5 Å². The van der Waals surface area contributed by atoms with E-state index in [1.165, 1.54) is 6.07 Å². The van der Waals surface area contributed by atoms with Gasteiger partial charge < -0.3 is 14.9 Å². The summed E-state index contributed by atoms with van der Waals surface area (Å²) in [7, 11) is 0. The van der Waals surface area contributed by atoms with E-state index in [-0.39, 0.29) is 17.0 Å². The van der Waals surface area contributed by atoms with Crippen molar-refractivity contribution in [1.29, 1.82) is 5.26 Å². The molecule has 2 aromatic rings. The Hall–Kier alpha value is -2.88. The number of nitrogens with one attached hydrogen (secondary N) is 2. The molecule has 0 bridgehead atoms. The lowest BCUT2D eigenvalue weighted by molar-refractivity contribution is 0.102. The smallest absolute Gasteiger partial charge is 0.266 e. The summed E-state index contributed by atoms with van der Waals surface area (Å²) in [6.07, 6.45) is 4.72. The average molecular weight is 297 g/mol. The summed E-state index contributed by atoms with van der Waals surface area (Å²) in [5, 5.41) is 11.7. The zero-order valence-electron chi connectivity index (χ0n) is 12.1. The van der Waals surface area contributed by atoms with Crippen molar-refractivity contribution in [2.75, 3.05) is 5.32 Å². The molecule has 0 spiro atoms. The summed E-state index contributed by atoms with van der Waals surface area (Å²) in [4.78, 5) is 30.8. The van der Waals surface area contributed by atoms with Gasteiger partial charge in [0.1, 0.15) is 23.3 Å². The van der Waals surface area contributed by atoms with E-state index in [4.69, 9.17) is 5.26 Å². The molecule has 112 valence electrons. The van der Waals surface area contributed by atoms with E-state index >= 15 is 0 Å². The highest BCUT2D eigenvalue weighted by Crippen LogP contribution is 2.20. The monoisotopic (exact) mass is 297 g/mol. The number of pyridine rings is 1. The van der Waals surface area contributed by atoms with E-state index in [0.717, 1.165) is 31.6 Å². The highest BCUT2D eigenvalue weighted by molar-refractivity contribution is 6.04. The van der Waals surface area contributed by atoms with Crippen LogP contribution in [0.15, 0.2) is 17.1 Å².